The van der Waals surface area contributed by atoms with E-state index in [-0.39, 0.29) is 0 Å². The first-order chi connectivity index (χ1) is 6.73. The standard InChI is InChI=1S/C13H18N/c1-4-11-14(3,12-5-2)13-9-7-6-8-10-13/h4-10H,1-2,11-12H2,3H3/q+1. The quantitative estimate of drug-likeness (QED) is 0.492. The summed E-state index contributed by atoms with van der Waals surface area (Å²) in [4.78, 5) is 0. The van der Waals surface area contributed by atoms with Gasteiger partial charge in [-0.2, -0.15) is 0 Å². The molecule has 0 aliphatic carbocycles. The topological polar surface area (TPSA) is 0 Å². The molecule has 0 radical (unpaired) electrons. The lowest BCUT2D eigenvalue weighted by atomic mass is 10.2. The van der Waals surface area contributed by atoms with E-state index in [1.54, 1.807) is 0 Å². The summed E-state index contributed by atoms with van der Waals surface area (Å²) in [6, 6.07) is 10.5. The zero-order chi connectivity index (χ0) is 10.4. The summed E-state index contributed by atoms with van der Waals surface area (Å²) < 4.78 is 0.841. The van der Waals surface area contributed by atoms with Gasteiger partial charge in [0, 0.05) is 0 Å². The van der Waals surface area contributed by atoms with Crippen LogP contribution in [0.5, 0.6) is 0 Å². The fraction of sp³-hybridized carbons (Fsp3) is 0.231. The van der Waals surface area contributed by atoms with Gasteiger partial charge in [0.1, 0.15) is 18.8 Å². The molecule has 0 saturated heterocycles. The lowest BCUT2D eigenvalue weighted by Gasteiger charge is -2.31. The number of rotatable bonds is 5. The third-order valence-electron chi connectivity index (χ3n) is 2.44. The molecule has 0 heterocycles. The van der Waals surface area contributed by atoms with E-state index >= 15 is 0 Å². The fourth-order valence-electron chi connectivity index (χ4n) is 1.64. The van der Waals surface area contributed by atoms with Crippen molar-refractivity contribution in [1.82, 2.24) is 4.48 Å². The zero-order valence-electron chi connectivity index (χ0n) is 8.82. The molecule has 74 valence electrons. The second-order valence-corrected chi connectivity index (χ2v) is 3.67. The van der Waals surface area contributed by atoms with Crippen LogP contribution in [-0.2, 0) is 0 Å². The van der Waals surface area contributed by atoms with Gasteiger partial charge in [-0.1, -0.05) is 31.4 Å². The van der Waals surface area contributed by atoms with Crippen molar-refractivity contribution >= 4 is 5.69 Å². The maximum atomic E-state index is 3.80. The average Bonchev–Trinajstić information content (AvgIpc) is 2.20. The molecule has 0 N–H and O–H groups in total. The van der Waals surface area contributed by atoms with Gasteiger partial charge >= 0.3 is 0 Å². The molecular formula is C13H18N+. The molecule has 1 aromatic carbocycles. The molecule has 0 saturated carbocycles. The second-order valence-electron chi connectivity index (χ2n) is 3.67. The van der Waals surface area contributed by atoms with Gasteiger partial charge in [-0.15, -0.1) is 0 Å². The van der Waals surface area contributed by atoms with Gasteiger partial charge in [-0.3, -0.25) is 4.48 Å². The van der Waals surface area contributed by atoms with Gasteiger partial charge in [-0.05, 0) is 24.3 Å². The second kappa shape index (κ2) is 4.77. The van der Waals surface area contributed by atoms with E-state index < -0.39 is 0 Å². The van der Waals surface area contributed by atoms with E-state index in [9.17, 15) is 0 Å². The summed E-state index contributed by atoms with van der Waals surface area (Å²) in [5, 5.41) is 0. The molecule has 1 nitrogen and oxygen atoms in total. The SMILES string of the molecule is C=CC[N+](C)(CC=C)c1ccccc1. The minimum absolute atomic E-state index is 0.841. The van der Waals surface area contributed by atoms with Crippen molar-refractivity contribution in [2.24, 2.45) is 0 Å². The first-order valence-corrected chi connectivity index (χ1v) is 4.85. The monoisotopic (exact) mass is 188 g/mol. The summed E-state index contributed by atoms with van der Waals surface area (Å²) in [6.07, 6.45) is 3.91. The van der Waals surface area contributed by atoms with Crippen LogP contribution in [-0.4, -0.2) is 20.1 Å². The maximum absolute atomic E-state index is 3.80. The van der Waals surface area contributed by atoms with Crippen molar-refractivity contribution in [2.45, 2.75) is 0 Å². The molecule has 0 aliphatic heterocycles. The molecular weight excluding hydrogens is 170 g/mol. The summed E-state index contributed by atoms with van der Waals surface area (Å²) in [5.41, 5.74) is 1.30. The van der Waals surface area contributed by atoms with Crippen LogP contribution >= 0.6 is 0 Å². The van der Waals surface area contributed by atoms with Crippen molar-refractivity contribution < 1.29 is 0 Å². The van der Waals surface area contributed by atoms with Gasteiger partial charge in [0.2, 0.25) is 0 Å². The molecule has 1 rings (SSSR count). The molecule has 14 heavy (non-hydrogen) atoms. The Balaban J connectivity index is 2.98. The first-order valence-electron chi connectivity index (χ1n) is 4.85. The fourth-order valence-corrected chi connectivity index (χ4v) is 1.64. The summed E-state index contributed by atoms with van der Waals surface area (Å²) >= 11 is 0. The lowest BCUT2D eigenvalue weighted by molar-refractivity contribution is 0.402. The normalized spacial score (nSPS) is 10.9. The summed E-state index contributed by atoms with van der Waals surface area (Å²) in [7, 11) is 2.19. The predicted molar refractivity (Wildman–Crippen MR) is 64.3 cm³/mol. The van der Waals surface area contributed by atoms with Crippen LogP contribution in [0, 0.1) is 0 Å². The highest BCUT2D eigenvalue weighted by Gasteiger charge is 2.20. The number of hydrogen-bond donors (Lipinski definition) is 0. The number of para-hydroxylation sites is 1. The highest BCUT2D eigenvalue weighted by atomic mass is 15.3. The molecule has 0 spiro atoms. The largest absolute Gasteiger partial charge is 0.287 e. The molecule has 1 heteroatoms. The van der Waals surface area contributed by atoms with Gasteiger partial charge in [0.25, 0.3) is 0 Å². The van der Waals surface area contributed by atoms with E-state index in [1.165, 1.54) is 5.69 Å². The first kappa shape index (κ1) is 10.7. The number of nitrogens with zero attached hydrogens (tertiary/aromatic N) is 1. The van der Waals surface area contributed by atoms with Crippen LogP contribution in [0.1, 0.15) is 0 Å². The van der Waals surface area contributed by atoms with Gasteiger partial charge < -0.3 is 0 Å². The Labute approximate surface area is 86.6 Å². The summed E-state index contributed by atoms with van der Waals surface area (Å²) in [5.74, 6) is 0. The van der Waals surface area contributed by atoms with E-state index in [2.05, 4.69) is 44.5 Å². The Morgan fingerprint density at radius 1 is 1.07 bits per heavy atom. The van der Waals surface area contributed by atoms with Crippen molar-refractivity contribution in [1.29, 1.82) is 0 Å². The Morgan fingerprint density at radius 2 is 1.57 bits per heavy atom. The van der Waals surface area contributed by atoms with Crippen LogP contribution in [0.4, 0.5) is 5.69 Å². The van der Waals surface area contributed by atoms with Crippen LogP contribution in [0.3, 0.4) is 0 Å². The third kappa shape index (κ3) is 2.33. The smallest absolute Gasteiger partial charge is 0.133 e. The molecule has 0 amide bonds. The van der Waals surface area contributed by atoms with Crippen LogP contribution < -0.4 is 4.48 Å². The van der Waals surface area contributed by atoms with Crippen molar-refractivity contribution in [3.8, 4) is 0 Å². The van der Waals surface area contributed by atoms with E-state index in [1.807, 2.05) is 18.2 Å². The van der Waals surface area contributed by atoms with E-state index in [0.717, 1.165) is 17.6 Å². The summed E-state index contributed by atoms with van der Waals surface area (Å²) in [6.45, 7) is 9.46. The molecule has 0 bridgehead atoms. The van der Waals surface area contributed by atoms with Crippen molar-refractivity contribution in [3.63, 3.8) is 0 Å². The maximum Gasteiger partial charge on any atom is 0.133 e. The molecule has 0 unspecified atom stereocenters. The van der Waals surface area contributed by atoms with Crippen LogP contribution in [0.25, 0.3) is 0 Å². The number of likely N-dealkylation sites (N-methyl/N-ethyl adjacent to an activating group) is 1. The Bertz CT molecular complexity index is 290. The Morgan fingerprint density at radius 3 is 2.00 bits per heavy atom. The minimum Gasteiger partial charge on any atom is -0.287 e. The Kier molecular flexibility index (Phi) is 3.66. The number of benzene rings is 1. The highest BCUT2D eigenvalue weighted by Crippen LogP contribution is 2.20. The molecule has 0 aliphatic rings. The molecule has 0 aromatic heterocycles. The van der Waals surface area contributed by atoms with Gasteiger partial charge in [-0.25, -0.2) is 0 Å². The molecule has 0 fully saturated rings. The van der Waals surface area contributed by atoms with E-state index in [4.69, 9.17) is 0 Å². The lowest BCUT2D eigenvalue weighted by Crippen LogP contribution is -2.45. The highest BCUT2D eigenvalue weighted by molar-refractivity contribution is 5.42. The van der Waals surface area contributed by atoms with Crippen LogP contribution in [0.2, 0.25) is 0 Å². The third-order valence-corrected chi connectivity index (χ3v) is 2.44. The number of hydrogen-bond acceptors (Lipinski definition) is 0. The van der Waals surface area contributed by atoms with E-state index in [0.29, 0.717) is 0 Å². The Hall–Kier alpha value is -1.34. The van der Waals surface area contributed by atoms with Crippen LogP contribution in [0.15, 0.2) is 55.6 Å². The van der Waals surface area contributed by atoms with Crippen molar-refractivity contribution in [3.05, 3.63) is 55.6 Å². The molecule has 1 aromatic rings. The predicted octanol–water partition coefficient (Wildman–Crippen LogP) is 3.00. The molecule has 0 atom stereocenters. The number of quaternary nitrogens is 1. The van der Waals surface area contributed by atoms with Crippen molar-refractivity contribution in [2.75, 3.05) is 20.1 Å². The zero-order valence-corrected chi connectivity index (χ0v) is 8.82. The van der Waals surface area contributed by atoms with Gasteiger partial charge in [0.15, 0.2) is 0 Å². The average molecular weight is 188 g/mol. The minimum atomic E-state index is 0.841. The van der Waals surface area contributed by atoms with Gasteiger partial charge in [0.05, 0.1) is 7.05 Å².